The number of halogens is 5. The lowest BCUT2D eigenvalue weighted by molar-refractivity contribution is -0.132. The summed E-state index contributed by atoms with van der Waals surface area (Å²) in [6.07, 6.45) is -0.0461. The van der Waals surface area contributed by atoms with Crippen molar-refractivity contribution in [1.82, 2.24) is 10.3 Å². The number of nitrogens with zero attached hydrogens (tertiary/aromatic N) is 2. The van der Waals surface area contributed by atoms with Crippen LogP contribution in [0.5, 0.6) is 0 Å². The van der Waals surface area contributed by atoms with Gasteiger partial charge in [0.2, 0.25) is 6.43 Å². The first-order chi connectivity index (χ1) is 18.6. The quantitative estimate of drug-likeness (QED) is 0.339. The van der Waals surface area contributed by atoms with Crippen LogP contribution >= 0.6 is 11.6 Å². The van der Waals surface area contributed by atoms with E-state index in [9.17, 15) is 32.3 Å². The van der Waals surface area contributed by atoms with Crippen LogP contribution in [-0.4, -0.2) is 46.3 Å². The van der Waals surface area contributed by atoms with Crippen LogP contribution < -0.4 is 10.2 Å². The summed E-state index contributed by atoms with van der Waals surface area (Å²) in [5, 5.41) is 13.5. The lowest BCUT2D eigenvalue weighted by Crippen LogP contribution is -2.52. The number of carbonyl (C=O) groups is 2. The van der Waals surface area contributed by atoms with Crippen molar-refractivity contribution in [2.75, 3.05) is 11.4 Å². The minimum absolute atomic E-state index is 0.0216. The van der Waals surface area contributed by atoms with Crippen molar-refractivity contribution < 1.29 is 32.3 Å². The molecule has 0 spiro atoms. The van der Waals surface area contributed by atoms with Gasteiger partial charge in [-0.05, 0) is 49.1 Å². The monoisotopic (exact) mass is 561 g/mol. The number of fused-ring (bicyclic) bond motifs is 1. The highest BCUT2D eigenvalue weighted by Crippen LogP contribution is 2.47. The molecule has 0 bridgehead atoms. The van der Waals surface area contributed by atoms with Crippen molar-refractivity contribution in [2.45, 2.75) is 36.3 Å². The number of aliphatic hydroxyl groups is 1. The van der Waals surface area contributed by atoms with Crippen LogP contribution in [0.4, 0.5) is 23.2 Å². The molecule has 204 valence electrons. The smallest absolute Gasteiger partial charge is 0.268 e. The molecule has 39 heavy (non-hydrogen) atoms. The molecule has 3 aromatic rings. The van der Waals surface area contributed by atoms with E-state index in [4.69, 9.17) is 11.6 Å². The molecule has 1 aliphatic heterocycles. The summed E-state index contributed by atoms with van der Waals surface area (Å²) in [6.45, 7) is -0.123. The van der Waals surface area contributed by atoms with E-state index in [-0.39, 0.29) is 36.2 Å². The highest BCUT2D eigenvalue weighted by atomic mass is 35.5. The summed E-state index contributed by atoms with van der Waals surface area (Å²) in [4.78, 5) is 31.3. The maximum Gasteiger partial charge on any atom is 0.268 e. The Bertz CT molecular complexity index is 1400. The minimum Gasteiger partial charge on any atom is -0.372 e. The third kappa shape index (κ3) is 4.87. The van der Waals surface area contributed by atoms with Crippen LogP contribution in [0.25, 0.3) is 0 Å². The number of para-hydroxylation sites is 1. The highest BCUT2D eigenvalue weighted by Gasteiger charge is 2.53. The number of pyridine rings is 1. The molecule has 11 heteroatoms. The summed E-state index contributed by atoms with van der Waals surface area (Å²) in [7, 11) is 0. The topological polar surface area (TPSA) is 82.5 Å². The Hall–Kier alpha value is -3.50. The third-order valence-corrected chi connectivity index (χ3v) is 8.06. The van der Waals surface area contributed by atoms with E-state index in [1.807, 2.05) is 0 Å². The molecule has 0 unspecified atom stereocenters. The van der Waals surface area contributed by atoms with Gasteiger partial charge in [0.1, 0.15) is 11.6 Å². The van der Waals surface area contributed by atoms with Gasteiger partial charge < -0.3 is 15.3 Å². The molecule has 2 aromatic carbocycles. The Morgan fingerprint density at radius 2 is 1.90 bits per heavy atom. The maximum absolute atomic E-state index is 14.8. The fourth-order valence-corrected chi connectivity index (χ4v) is 5.92. The average Bonchev–Trinajstić information content (AvgIpc) is 3.12. The standard InChI is InChI=1S/C28H24ClF4N3O3/c29-21-12-23(35-26(37)15-4-3-9-34-13-15)18(25(32)33)10-16(21)14-36-24-6-2-1-5-20(24)28(39,27(36)38)19-8-7-17(30)11-22(19)31/h1-9,11,13,16,18,21,23,25,39H,10,12,14H2,(H,35,37)/t16-,18-,21-,23-,28+/m1/s1. The zero-order chi connectivity index (χ0) is 27.9. The van der Waals surface area contributed by atoms with E-state index in [1.54, 1.807) is 24.3 Å². The van der Waals surface area contributed by atoms with Crippen molar-refractivity contribution in [1.29, 1.82) is 0 Å². The number of rotatable bonds is 6. The Kier molecular flexibility index (Phi) is 7.35. The van der Waals surface area contributed by atoms with E-state index in [1.165, 1.54) is 29.4 Å². The molecule has 1 aromatic heterocycles. The van der Waals surface area contributed by atoms with Gasteiger partial charge in [-0.1, -0.05) is 18.2 Å². The van der Waals surface area contributed by atoms with E-state index in [0.717, 1.165) is 12.1 Å². The molecule has 1 aliphatic carbocycles. The molecular formula is C28H24ClF4N3O3. The first kappa shape index (κ1) is 27.1. The lowest BCUT2D eigenvalue weighted by Gasteiger charge is -2.40. The second-order valence-corrected chi connectivity index (χ2v) is 10.4. The van der Waals surface area contributed by atoms with Gasteiger partial charge in [0.25, 0.3) is 11.8 Å². The first-order valence-electron chi connectivity index (χ1n) is 12.3. The van der Waals surface area contributed by atoms with Crippen LogP contribution in [0.15, 0.2) is 67.0 Å². The molecule has 2 aliphatic rings. The molecule has 1 saturated carbocycles. The van der Waals surface area contributed by atoms with Crippen molar-refractivity contribution in [3.05, 3.63) is 95.3 Å². The van der Waals surface area contributed by atoms with Gasteiger partial charge in [0, 0.05) is 53.5 Å². The number of alkyl halides is 3. The van der Waals surface area contributed by atoms with Crippen LogP contribution in [0.1, 0.15) is 34.3 Å². The largest absolute Gasteiger partial charge is 0.372 e. The zero-order valence-corrected chi connectivity index (χ0v) is 21.2. The number of aromatic nitrogens is 1. The lowest BCUT2D eigenvalue weighted by atomic mass is 9.77. The maximum atomic E-state index is 14.8. The Morgan fingerprint density at radius 3 is 2.59 bits per heavy atom. The number of hydrogen-bond acceptors (Lipinski definition) is 4. The molecule has 0 saturated heterocycles. The van der Waals surface area contributed by atoms with Crippen molar-refractivity contribution >= 4 is 29.1 Å². The summed E-state index contributed by atoms with van der Waals surface area (Å²) in [5.41, 5.74) is -2.26. The molecule has 5 rings (SSSR count). The molecule has 1 fully saturated rings. The molecule has 6 nitrogen and oxygen atoms in total. The zero-order valence-electron chi connectivity index (χ0n) is 20.4. The molecule has 5 atom stereocenters. The number of nitrogens with one attached hydrogen (secondary N) is 1. The summed E-state index contributed by atoms with van der Waals surface area (Å²) >= 11 is 6.65. The van der Waals surface area contributed by atoms with E-state index < -0.39 is 64.3 Å². The van der Waals surface area contributed by atoms with Gasteiger partial charge in [-0.2, -0.15) is 0 Å². The fraction of sp³-hybridized carbons (Fsp3) is 0.321. The number of benzene rings is 2. The number of hydrogen-bond donors (Lipinski definition) is 2. The van der Waals surface area contributed by atoms with Gasteiger partial charge in [0.15, 0.2) is 5.60 Å². The molecular weight excluding hydrogens is 538 g/mol. The molecule has 2 amide bonds. The minimum atomic E-state index is -2.78. The van der Waals surface area contributed by atoms with Gasteiger partial charge in [-0.15, -0.1) is 11.6 Å². The van der Waals surface area contributed by atoms with Gasteiger partial charge in [-0.3, -0.25) is 14.6 Å². The number of anilines is 1. The van der Waals surface area contributed by atoms with Crippen LogP contribution in [0.3, 0.4) is 0 Å². The van der Waals surface area contributed by atoms with E-state index in [0.29, 0.717) is 6.07 Å². The number of carbonyl (C=O) groups excluding carboxylic acids is 2. The highest BCUT2D eigenvalue weighted by molar-refractivity contribution is 6.21. The number of amides is 2. The van der Waals surface area contributed by atoms with Crippen molar-refractivity contribution in [3.63, 3.8) is 0 Å². The Morgan fingerprint density at radius 1 is 1.13 bits per heavy atom. The molecule has 2 N–H and O–H groups in total. The SMILES string of the molecule is O=C(N[C@@H]1C[C@@H](Cl)[C@@H](CN2C(=O)[C@](O)(c3ccc(F)cc3F)c3ccccc32)C[C@H]1C(F)F)c1cccnc1. The van der Waals surface area contributed by atoms with Crippen LogP contribution in [0.2, 0.25) is 0 Å². The Labute approximate surface area is 226 Å². The summed E-state index contributed by atoms with van der Waals surface area (Å²) in [5.74, 6) is -5.28. The van der Waals surface area contributed by atoms with E-state index in [2.05, 4.69) is 10.3 Å². The van der Waals surface area contributed by atoms with Gasteiger partial charge in [0.05, 0.1) is 11.3 Å². The van der Waals surface area contributed by atoms with Crippen LogP contribution in [-0.2, 0) is 10.4 Å². The first-order valence-corrected chi connectivity index (χ1v) is 12.8. The van der Waals surface area contributed by atoms with Crippen LogP contribution in [0, 0.1) is 23.5 Å². The average molecular weight is 562 g/mol. The predicted octanol–water partition coefficient (Wildman–Crippen LogP) is 4.64. The van der Waals surface area contributed by atoms with Crippen molar-refractivity contribution in [2.24, 2.45) is 11.8 Å². The summed E-state index contributed by atoms with van der Waals surface area (Å²) in [6, 6.07) is 10.9. The van der Waals surface area contributed by atoms with Gasteiger partial charge >= 0.3 is 0 Å². The molecule has 0 radical (unpaired) electrons. The Balaban J connectivity index is 1.40. The second kappa shape index (κ2) is 10.6. The fourth-order valence-electron chi connectivity index (χ4n) is 5.55. The third-order valence-electron chi connectivity index (χ3n) is 7.52. The predicted molar refractivity (Wildman–Crippen MR) is 136 cm³/mol. The summed E-state index contributed by atoms with van der Waals surface area (Å²) < 4.78 is 56.7. The normalized spacial score (nSPS) is 26.5. The second-order valence-electron chi connectivity index (χ2n) is 9.83. The molecule has 2 heterocycles. The van der Waals surface area contributed by atoms with Crippen molar-refractivity contribution in [3.8, 4) is 0 Å². The van der Waals surface area contributed by atoms with Gasteiger partial charge in [-0.25, -0.2) is 17.6 Å². The van der Waals surface area contributed by atoms with E-state index >= 15 is 0 Å².